The first-order valence-electron chi connectivity index (χ1n) is 7.08. The molecular formula is C14H30N2O. The Labute approximate surface area is 107 Å². The second kappa shape index (κ2) is 6.17. The molecule has 1 rings (SSSR count). The van der Waals surface area contributed by atoms with Crippen molar-refractivity contribution >= 4 is 0 Å². The lowest BCUT2D eigenvalue weighted by Crippen LogP contribution is -2.53. The fraction of sp³-hybridized carbons (Fsp3) is 1.00. The smallest absolute Gasteiger partial charge is 0.0766 e. The van der Waals surface area contributed by atoms with Gasteiger partial charge in [0.1, 0.15) is 0 Å². The summed E-state index contributed by atoms with van der Waals surface area (Å²) in [5.74, 6) is 0.661. The zero-order chi connectivity index (χ0) is 13.1. The Morgan fingerprint density at radius 2 is 1.88 bits per heavy atom. The third kappa shape index (κ3) is 3.94. The van der Waals surface area contributed by atoms with Crippen molar-refractivity contribution in [2.24, 2.45) is 5.92 Å². The van der Waals surface area contributed by atoms with E-state index in [1.807, 2.05) is 0 Å². The van der Waals surface area contributed by atoms with Gasteiger partial charge >= 0.3 is 0 Å². The van der Waals surface area contributed by atoms with Crippen LogP contribution in [0.4, 0.5) is 0 Å². The summed E-state index contributed by atoms with van der Waals surface area (Å²) in [6, 6.07) is 1.19. The standard InChI is InChI=1S/C14H30N2O/c1-6-14(17,7-2)10-15-13-8-12(4)16(5)9-11(13)3/h11-13,15,17H,6-10H2,1-5H3. The van der Waals surface area contributed by atoms with Crippen LogP contribution >= 0.6 is 0 Å². The first-order valence-corrected chi connectivity index (χ1v) is 7.08. The van der Waals surface area contributed by atoms with Crippen LogP contribution in [0.25, 0.3) is 0 Å². The lowest BCUT2D eigenvalue weighted by Gasteiger charge is -2.41. The second-order valence-electron chi connectivity index (χ2n) is 5.92. The predicted molar refractivity (Wildman–Crippen MR) is 73.2 cm³/mol. The summed E-state index contributed by atoms with van der Waals surface area (Å²) < 4.78 is 0. The van der Waals surface area contributed by atoms with Crippen molar-refractivity contribution in [1.29, 1.82) is 0 Å². The summed E-state index contributed by atoms with van der Waals surface area (Å²) in [6.45, 7) is 10.6. The van der Waals surface area contributed by atoms with Crippen LogP contribution in [0.5, 0.6) is 0 Å². The van der Waals surface area contributed by atoms with E-state index in [0.29, 0.717) is 18.0 Å². The SMILES string of the molecule is CCC(O)(CC)CNC1CC(C)N(C)CC1C. The van der Waals surface area contributed by atoms with E-state index >= 15 is 0 Å². The van der Waals surface area contributed by atoms with E-state index in [9.17, 15) is 5.11 Å². The fourth-order valence-electron chi connectivity index (χ4n) is 2.65. The molecule has 3 heteroatoms. The number of piperidine rings is 1. The number of nitrogens with one attached hydrogen (secondary N) is 1. The molecule has 0 amide bonds. The molecule has 0 aliphatic carbocycles. The van der Waals surface area contributed by atoms with E-state index in [0.717, 1.165) is 25.9 Å². The van der Waals surface area contributed by atoms with Crippen molar-refractivity contribution in [3.63, 3.8) is 0 Å². The fourth-order valence-corrected chi connectivity index (χ4v) is 2.65. The average molecular weight is 242 g/mol. The molecule has 1 fully saturated rings. The number of likely N-dealkylation sites (tertiary alicyclic amines) is 1. The summed E-state index contributed by atoms with van der Waals surface area (Å²) in [7, 11) is 2.20. The van der Waals surface area contributed by atoms with Crippen LogP contribution in [0.3, 0.4) is 0 Å². The van der Waals surface area contributed by atoms with E-state index < -0.39 is 5.60 Å². The van der Waals surface area contributed by atoms with Crippen molar-refractivity contribution < 1.29 is 5.11 Å². The Bertz CT molecular complexity index is 228. The van der Waals surface area contributed by atoms with E-state index in [1.54, 1.807) is 0 Å². The largest absolute Gasteiger partial charge is 0.389 e. The first-order chi connectivity index (χ1) is 7.91. The number of rotatable bonds is 5. The molecule has 0 bridgehead atoms. The molecule has 3 atom stereocenters. The van der Waals surface area contributed by atoms with Gasteiger partial charge in [0, 0.05) is 25.2 Å². The molecule has 1 heterocycles. The summed E-state index contributed by atoms with van der Waals surface area (Å²) in [5.41, 5.74) is -0.522. The Hall–Kier alpha value is -0.120. The summed E-state index contributed by atoms with van der Waals surface area (Å²) in [6.07, 6.45) is 2.83. The van der Waals surface area contributed by atoms with Gasteiger partial charge in [0.05, 0.1) is 5.60 Å². The lowest BCUT2D eigenvalue weighted by atomic mass is 9.88. The molecule has 0 spiro atoms. The molecule has 0 aromatic carbocycles. The van der Waals surface area contributed by atoms with Gasteiger partial charge in [0.15, 0.2) is 0 Å². The maximum absolute atomic E-state index is 10.3. The molecule has 1 aliphatic heterocycles. The van der Waals surface area contributed by atoms with Crippen LogP contribution in [0.1, 0.15) is 47.0 Å². The topological polar surface area (TPSA) is 35.5 Å². The lowest BCUT2D eigenvalue weighted by molar-refractivity contribution is 0.0215. The minimum atomic E-state index is -0.522. The molecule has 17 heavy (non-hydrogen) atoms. The Morgan fingerprint density at radius 3 is 2.41 bits per heavy atom. The van der Waals surface area contributed by atoms with Gasteiger partial charge in [-0.25, -0.2) is 0 Å². The van der Waals surface area contributed by atoms with Crippen LogP contribution in [0, 0.1) is 5.92 Å². The highest BCUT2D eigenvalue weighted by atomic mass is 16.3. The third-order valence-electron chi connectivity index (χ3n) is 4.62. The van der Waals surface area contributed by atoms with Gasteiger partial charge in [-0.15, -0.1) is 0 Å². The van der Waals surface area contributed by atoms with E-state index in [2.05, 4.69) is 45.0 Å². The van der Waals surface area contributed by atoms with Gasteiger partial charge in [0.2, 0.25) is 0 Å². The van der Waals surface area contributed by atoms with Gasteiger partial charge in [-0.05, 0) is 39.2 Å². The Balaban J connectivity index is 2.46. The molecule has 0 radical (unpaired) electrons. The highest BCUT2D eigenvalue weighted by Gasteiger charge is 2.30. The van der Waals surface area contributed by atoms with E-state index in [-0.39, 0.29) is 0 Å². The average Bonchev–Trinajstić information content (AvgIpc) is 2.32. The number of hydrogen-bond acceptors (Lipinski definition) is 3. The predicted octanol–water partition coefficient (Wildman–Crippen LogP) is 1.86. The zero-order valence-electron chi connectivity index (χ0n) is 12.2. The van der Waals surface area contributed by atoms with Crippen molar-refractivity contribution in [3.8, 4) is 0 Å². The van der Waals surface area contributed by atoms with Gasteiger partial charge < -0.3 is 15.3 Å². The minimum Gasteiger partial charge on any atom is -0.389 e. The van der Waals surface area contributed by atoms with Gasteiger partial charge in [-0.2, -0.15) is 0 Å². The summed E-state index contributed by atoms with van der Waals surface area (Å²) in [4.78, 5) is 2.43. The summed E-state index contributed by atoms with van der Waals surface area (Å²) in [5, 5.41) is 13.9. The molecule has 2 N–H and O–H groups in total. The number of nitrogens with zero attached hydrogens (tertiary/aromatic N) is 1. The zero-order valence-corrected chi connectivity index (χ0v) is 12.2. The quantitative estimate of drug-likeness (QED) is 0.772. The molecular weight excluding hydrogens is 212 g/mol. The van der Waals surface area contributed by atoms with Crippen LogP contribution in [-0.4, -0.2) is 47.8 Å². The van der Waals surface area contributed by atoms with E-state index in [1.165, 1.54) is 6.42 Å². The molecule has 102 valence electrons. The first kappa shape index (κ1) is 14.9. The molecule has 0 aromatic rings. The van der Waals surface area contributed by atoms with Crippen molar-refractivity contribution in [2.45, 2.75) is 64.6 Å². The molecule has 1 saturated heterocycles. The maximum atomic E-state index is 10.3. The van der Waals surface area contributed by atoms with Gasteiger partial charge in [-0.3, -0.25) is 0 Å². The Kier molecular flexibility index (Phi) is 5.42. The van der Waals surface area contributed by atoms with E-state index in [4.69, 9.17) is 0 Å². The van der Waals surface area contributed by atoms with Gasteiger partial charge in [-0.1, -0.05) is 20.8 Å². The number of hydrogen-bond donors (Lipinski definition) is 2. The van der Waals surface area contributed by atoms with Crippen LogP contribution < -0.4 is 5.32 Å². The van der Waals surface area contributed by atoms with Crippen LogP contribution in [-0.2, 0) is 0 Å². The highest BCUT2D eigenvalue weighted by Crippen LogP contribution is 2.22. The van der Waals surface area contributed by atoms with Crippen molar-refractivity contribution in [2.75, 3.05) is 20.1 Å². The molecule has 0 aromatic heterocycles. The molecule has 0 saturated carbocycles. The third-order valence-corrected chi connectivity index (χ3v) is 4.62. The monoisotopic (exact) mass is 242 g/mol. The molecule has 3 unspecified atom stereocenters. The van der Waals surface area contributed by atoms with Crippen LogP contribution in [0.15, 0.2) is 0 Å². The number of aliphatic hydroxyl groups is 1. The van der Waals surface area contributed by atoms with Gasteiger partial charge in [0.25, 0.3) is 0 Å². The normalized spacial score (nSPS) is 31.8. The molecule has 1 aliphatic rings. The van der Waals surface area contributed by atoms with Crippen molar-refractivity contribution in [1.82, 2.24) is 10.2 Å². The maximum Gasteiger partial charge on any atom is 0.0766 e. The van der Waals surface area contributed by atoms with Crippen LogP contribution in [0.2, 0.25) is 0 Å². The Morgan fingerprint density at radius 1 is 1.29 bits per heavy atom. The van der Waals surface area contributed by atoms with Crippen molar-refractivity contribution in [3.05, 3.63) is 0 Å². The highest BCUT2D eigenvalue weighted by molar-refractivity contribution is 4.88. The molecule has 3 nitrogen and oxygen atoms in total. The minimum absolute atomic E-state index is 0.522. The summed E-state index contributed by atoms with van der Waals surface area (Å²) >= 11 is 0. The second-order valence-corrected chi connectivity index (χ2v) is 5.92.